The normalized spacial score (nSPS) is 11.2. The van der Waals surface area contributed by atoms with E-state index in [1.807, 2.05) is 20.8 Å². The molecular weight excluding hydrogens is 292 g/mol. The molecule has 0 aliphatic rings. The summed E-state index contributed by atoms with van der Waals surface area (Å²) in [6.45, 7) is 10.6. The van der Waals surface area contributed by atoms with Crippen molar-refractivity contribution in [3.8, 4) is 5.75 Å². The van der Waals surface area contributed by atoms with Crippen LogP contribution in [0.3, 0.4) is 0 Å². The van der Waals surface area contributed by atoms with E-state index in [4.69, 9.17) is 4.74 Å². The summed E-state index contributed by atoms with van der Waals surface area (Å²) in [7, 11) is 0. The molecule has 0 unspecified atom stereocenters. The third-order valence-electron chi connectivity index (χ3n) is 3.00. The van der Waals surface area contributed by atoms with Crippen molar-refractivity contribution in [3.63, 3.8) is 0 Å². The first-order chi connectivity index (χ1) is 10.7. The monoisotopic (exact) mass is 320 g/mol. The van der Waals surface area contributed by atoms with Crippen molar-refractivity contribution < 1.29 is 14.3 Å². The summed E-state index contributed by atoms with van der Waals surface area (Å²) in [6, 6.07) is 6.93. The maximum atomic E-state index is 12.0. The van der Waals surface area contributed by atoms with Crippen LogP contribution in [0.2, 0.25) is 0 Å². The molecule has 0 aliphatic heterocycles. The van der Waals surface area contributed by atoms with Crippen LogP contribution in [0.1, 0.15) is 51.4 Å². The van der Waals surface area contributed by atoms with E-state index >= 15 is 0 Å². The summed E-state index contributed by atoms with van der Waals surface area (Å²) >= 11 is 0. The van der Waals surface area contributed by atoms with Crippen LogP contribution in [-0.2, 0) is 4.79 Å². The van der Waals surface area contributed by atoms with Crippen LogP contribution in [0.4, 0.5) is 0 Å². The molecule has 0 spiro atoms. The van der Waals surface area contributed by atoms with Crippen LogP contribution in [0.15, 0.2) is 24.3 Å². The number of hydrogen-bond acceptors (Lipinski definition) is 3. The Morgan fingerprint density at radius 1 is 1.13 bits per heavy atom. The third kappa shape index (κ3) is 8.24. The molecular formula is C18H28N2O3. The predicted molar refractivity (Wildman–Crippen MR) is 91.6 cm³/mol. The molecule has 0 radical (unpaired) electrons. The Hall–Kier alpha value is -2.04. The van der Waals surface area contributed by atoms with Crippen molar-refractivity contribution in [2.75, 3.05) is 13.2 Å². The van der Waals surface area contributed by atoms with Crippen molar-refractivity contribution in [1.29, 1.82) is 0 Å². The summed E-state index contributed by atoms with van der Waals surface area (Å²) in [5.74, 6) is 0.856. The van der Waals surface area contributed by atoms with E-state index in [2.05, 4.69) is 24.5 Å². The van der Waals surface area contributed by atoms with Gasteiger partial charge >= 0.3 is 0 Å². The molecule has 0 heterocycles. The zero-order valence-corrected chi connectivity index (χ0v) is 14.7. The van der Waals surface area contributed by atoms with Gasteiger partial charge in [0, 0.05) is 11.1 Å². The summed E-state index contributed by atoms with van der Waals surface area (Å²) in [4.78, 5) is 23.7. The fraction of sp³-hybridized carbons (Fsp3) is 0.556. The first kappa shape index (κ1) is 19.0. The molecule has 0 atom stereocenters. The molecule has 5 nitrogen and oxygen atoms in total. The van der Waals surface area contributed by atoms with E-state index in [1.165, 1.54) is 0 Å². The van der Waals surface area contributed by atoms with Crippen molar-refractivity contribution in [3.05, 3.63) is 29.8 Å². The minimum Gasteiger partial charge on any atom is -0.494 e. The Balaban J connectivity index is 2.43. The molecule has 2 N–H and O–H groups in total. The molecule has 2 amide bonds. The summed E-state index contributed by atoms with van der Waals surface area (Å²) in [5.41, 5.74) is 0.196. The highest BCUT2D eigenvalue weighted by atomic mass is 16.5. The highest BCUT2D eigenvalue weighted by Crippen LogP contribution is 2.13. The fourth-order valence-electron chi connectivity index (χ4n) is 1.84. The third-order valence-corrected chi connectivity index (χ3v) is 3.00. The summed E-state index contributed by atoms with van der Waals surface area (Å²) in [6.07, 6.45) is 0.991. The predicted octanol–water partition coefficient (Wildman–Crippen LogP) is 2.76. The molecule has 128 valence electrons. The highest BCUT2D eigenvalue weighted by molar-refractivity contribution is 5.96. The second-order valence-electron chi connectivity index (χ2n) is 7.04. The van der Waals surface area contributed by atoms with Crippen LogP contribution in [0, 0.1) is 5.92 Å². The van der Waals surface area contributed by atoms with Gasteiger partial charge in [0.05, 0.1) is 13.2 Å². The number of ether oxygens (including phenoxy) is 1. The van der Waals surface area contributed by atoms with E-state index in [9.17, 15) is 9.59 Å². The van der Waals surface area contributed by atoms with Crippen LogP contribution < -0.4 is 15.4 Å². The largest absolute Gasteiger partial charge is 0.494 e. The lowest BCUT2D eigenvalue weighted by Gasteiger charge is -2.20. The Morgan fingerprint density at radius 3 is 2.26 bits per heavy atom. The number of hydrogen-bond donors (Lipinski definition) is 2. The molecule has 1 aromatic rings. The standard InChI is InChI=1S/C18H28N2O3/c1-13(2)10-11-23-15-8-6-14(7-9-15)17(22)19-12-16(21)20-18(3,4)5/h6-9,13H,10-12H2,1-5H3,(H,19,22)(H,20,21). The van der Waals surface area contributed by atoms with E-state index < -0.39 is 0 Å². The number of benzene rings is 1. The zero-order valence-electron chi connectivity index (χ0n) is 14.7. The van der Waals surface area contributed by atoms with E-state index in [0.717, 1.165) is 12.2 Å². The van der Waals surface area contributed by atoms with Gasteiger partial charge in [-0.3, -0.25) is 9.59 Å². The number of rotatable bonds is 7. The SMILES string of the molecule is CC(C)CCOc1ccc(C(=O)NCC(=O)NC(C)(C)C)cc1. The van der Waals surface area contributed by atoms with Gasteiger partial charge in [0.25, 0.3) is 5.91 Å². The maximum Gasteiger partial charge on any atom is 0.251 e. The molecule has 0 saturated carbocycles. The molecule has 1 rings (SSSR count). The van der Waals surface area contributed by atoms with Gasteiger partial charge in [-0.2, -0.15) is 0 Å². The quantitative estimate of drug-likeness (QED) is 0.812. The summed E-state index contributed by atoms with van der Waals surface area (Å²) in [5, 5.41) is 5.40. The van der Waals surface area contributed by atoms with Gasteiger partial charge in [0.2, 0.25) is 5.91 Å². The molecule has 0 aliphatic carbocycles. The Morgan fingerprint density at radius 2 is 1.74 bits per heavy atom. The molecule has 0 bridgehead atoms. The summed E-state index contributed by atoms with van der Waals surface area (Å²) < 4.78 is 5.61. The van der Waals surface area contributed by atoms with Gasteiger partial charge < -0.3 is 15.4 Å². The van der Waals surface area contributed by atoms with Crippen molar-refractivity contribution >= 4 is 11.8 Å². The number of amides is 2. The Labute approximate surface area is 138 Å². The van der Waals surface area contributed by atoms with Gasteiger partial charge in [-0.1, -0.05) is 13.8 Å². The molecule has 1 aromatic carbocycles. The second-order valence-corrected chi connectivity index (χ2v) is 7.04. The molecule has 0 fully saturated rings. The van der Waals surface area contributed by atoms with Crippen LogP contribution in [0.25, 0.3) is 0 Å². The number of carbonyl (C=O) groups is 2. The first-order valence-electron chi connectivity index (χ1n) is 7.99. The van der Waals surface area contributed by atoms with Gasteiger partial charge in [-0.05, 0) is 57.4 Å². The lowest BCUT2D eigenvalue weighted by atomic mass is 10.1. The second kappa shape index (κ2) is 8.56. The number of carbonyl (C=O) groups excluding carboxylic acids is 2. The van der Waals surface area contributed by atoms with Gasteiger partial charge in [0.1, 0.15) is 5.75 Å². The van der Waals surface area contributed by atoms with E-state index in [1.54, 1.807) is 24.3 Å². The Kier molecular flexibility index (Phi) is 7.07. The topological polar surface area (TPSA) is 67.4 Å². The van der Waals surface area contributed by atoms with Gasteiger partial charge in [-0.15, -0.1) is 0 Å². The zero-order chi connectivity index (χ0) is 17.5. The van der Waals surface area contributed by atoms with E-state index in [0.29, 0.717) is 18.1 Å². The average molecular weight is 320 g/mol. The van der Waals surface area contributed by atoms with Crippen molar-refractivity contribution in [1.82, 2.24) is 10.6 Å². The molecule has 0 aromatic heterocycles. The van der Waals surface area contributed by atoms with Gasteiger partial charge in [0.15, 0.2) is 0 Å². The number of nitrogens with one attached hydrogen (secondary N) is 2. The van der Waals surface area contributed by atoms with Crippen LogP contribution in [0.5, 0.6) is 5.75 Å². The maximum absolute atomic E-state index is 12.0. The van der Waals surface area contributed by atoms with Crippen LogP contribution >= 0.6 is 0 Å². The van der Waals surface area contributed by atoms with Gasteiger partial charge in [-0.25, -0.2) is 0 Å². The molecule has 0 saturated heterocycles. The fourth-order valence-corrected chi connectivity index (χ4v) is 1.84. The smallest absolute Gasteiger partial charge is 0.251 e. The van der Waals surface area contributed by atoms with Crippen LogP contribution in [-0.4, -0.2) is 30.5 Å². The minimum atomic E-state index is -0.309. The first-order valence-corrected chi connectivity index (χ1v) is 7.99. The van der Waals surface area contributed by atoms with Crippen molar-refractivity contribution in [2.24, 2.45) is 5.92 Å². The molecule has 23 heavy (non-hydrogen) atoms. The Bertz CT molecular complexity index is 516. The van der Waals surface area contributed by atoms with E-state index in [-0.39, 0.29) is 23.9 Å². The highest BCUT2D eigenvalue weighted by Gasteiger charge is 2.14. The van der Waals surface area contributed by atoms with Crippen molar-refractivity contribution in [2.45, 2.75) is 46.6 Å². The minimum absolute atomic E-state index is 0.0389. The average Bonchev–Trinajstić information content (AvgIpc) is 2.43. The molecule has 5 heteroatoms. The lowest BCUT2D eigenvalue weighted by molar-refractivity contribution is -0.121. The lowest BCUT2D eigenvalue weighted by Crippen LogP contribution is -2.45.